The van der Waals surface area contributed by atoms with E-state index in [1.165, 1.54) is 0 Å². The largest absolute Gasteiger partial charge is 0.573 e. The van der Waals surface area contributed by atoms with Crippen LogP contribution in [-0.4, -0.2) is 31.9 Å². The summed E-state index contributed by atoms with van der Waals surface area (Å²) in [6, 6.07) is 2.34. The van der Waals surface area contributed by atoms with Gasteiger partial charge in [-0.05, 0) is 18.6 Å². The Morgan fingerprint density at radius 3 is 2.55 bits per heavy atom. The first-order chi connectivity index (χ1) is 10.0. The van der Waals surface area contributed by atoms with E-state index in [0.29, 0.717) is 12.5 Å². The molecule has 10 heteroatoms. The van der Waals surface area contributed by atoms with Crippen LogP contribution in [0.1, 0.15) is 19.8 Å². The Balaban J connectivity index is 3.02. The van der Waals surface area contributed by atoms with Crippen molar-refractivity contribution in [2.45, 2.75) is 37.1 Å². The summed E-state index contributed by atoms with van der Waals surface area (Å²) in [7, 11) is -4.28. The van der Waals surface area contributed by atoms with Crippen molar-refractivity contribution in [3.63, 3.8) is 0 Å². The summed E-state index contributed by atoms with van der Waals surface area (Å²) in [6.07, 6.45) is -4.49. The van der Waals surface area contributed by atoms with Gasteiger partial charge in [-0.25, -0.2) is 8.42 Å². The summed E-state index contributed by atoms with van der Waals surface area (Å²) in [5.41, 5.74) is 0. The molecule has 0 heterocycles. The van der Waals surface area contributed by atoms with Gasteiger partial charge in [-0.15, -0.1) is 13.2 Å². The maximum atomic E-state index is 12.1. The smallest absolute Gasteiger partial charge is 0.480 e. The quantitative estimate of drug-likeness (QED) is 0.792. The molecule has 1 aromatic carbocycles. The molecule has 0 saturated heterocycles. The third-order valence-corrected chi connectivity index (χ3v) is 3.99. The topological polar surface area (TPSA) is 92.7 Å². The van der Waals surface area contributed by atoms with Crippen LogP contribution in [0.25, 0.3) is 0 Å². The molecule has 0 saturated carbocycles. The van der Waals surface area contributed by atoms with Crippen LogP contribution in [0.3, 0.4) is 0 Å². The molecule has 2 N–H and O–H groups in total. The van der Waals surface area contributed by atoms with E-state index < -0.39 is 39.0 Å². The zero-order chi connectivity index (χ0) is 17.0. The molecule has 0 aromatic heterocycles. The number of carboxylic acid groups (broad SMARTS) is 1. The number of aliphatic carboxylic acids is 1. The van der Waals surface area contributed by atoms with E-state index in [1.54, 1.807) is 6.92 Å². The number of nitrogens with one attached hydrogen (secondary N) is 1. The number of benzene rings is 1. The fourth-order valence-corrected chi connectivity index (χ4v) is 2.87. The molecule has 0 aliphatic heterocycles. The van der Waals surface area contributed by atoms with Crippen molar-refractivity contribution in [3.05, 3.63) is 24.3 Å². The molecular weight excluding hydrogens is 327 g/mol. The Bertz CT molecular complexity index is 630. The lowest BCUT2D eigenvalue weighted by molar-refractivity contribution is -0.274. The second kappa shape index (κ2) is 6.97. The highest BCUT2D eigenvalue weighted by Crippen LogP contribution is 2.25. The molecular formula is C12H14F3NO5S. The van der Waals surface area contributed by atoms with Crippen molar-refractivity contribution in [3.8, 4) is 5.75 Å². The van der Waals surface area contributed by atoms with E-state index in [0.717, 1.165) is 18.2 Å². The van der Waals surface area contributed by atoms with Gasteiger partial charge in [0, 0.05) is 6.07 Å². The van der Waals surface area contributed by atoms with Gasteiger partial charge >= 0.3 is 12.3 Å². The van der Waals surface area contributed by atoms with Gasteiger partial charge in [-0.2, -0.15) is 4.72 Å². The van der Waals surface area contributed by atoms with Crippen LogP contribution in [0.5, 0.6) is 5.75 Å². The van der Waals surface area contributed by atoms with Gasteiger partial charge in [0.1, 0.15) is 11.8 Å². The number of alkyl halides is 3. The van der Waals surface area contributed by atoms with Crippen molar-refractivity contribution >= 4 is 16.0 Å². The fraction of sp³-hybridized carbons (Fsp3) is 0.417. The maximum Gasteiger partial charge on any atom is 0.573 e. The van der Waals surface area contributed by atoms with Crippen LogP contribution in [-0.2, 0) is 14.8 Å². The predicted molar refractivity (Wildman–Crippen MR) is 69.8 cm³/mol. The van der Waals surface area contributed by atoms with Crippen molar-refractivity contribution in [1.82, 2.24) is 4.72 Å². The second-order valence-electron chi connectivity index (χ2n) is 4.32. The zero-order valence-corrected chi connectivity index (χ0v) is 12.2. The molecule has 0 radical (unpaired) electrons. The molecule has 0 amide bonds. The Morgan fingerprint density at radius 2 is 2.05 bits per heavy atom. The number of rotatable bonds is 7. The van der Waals surface area contributed by atoms with E-state index in [-0.39, 0.29) is 6.42 Å². The Labute approximate surface area is 124 Å². The number of sulfonamides is 1. The molecule has 1 unspecified atom stereocenters. The van der Waals surface area contributed by atoms with E-state index >= 15 is 0 Å². The molecule has 0 aliphatic rings. The van der Waals surface area contributed by atoms with Gasteiger partial charge < -0.3 is 9.84 Å². The molecule has 22 heavy (non-hydrogen) atoms. The van der Waals surface area contributed by atoms with Crippen LogP contribution in [0.2, 0.25) is 0 Å². The Hall–Kier alpha value is -1.81. The highest BCUT2D eigenvalue weighted by molar-refractivity contribution is 7.89. The lowest BCUT2D eigenvalue weighted by Gasteiger charge is -2.15. The summed E-state index contributed by atoms with van der Waals surface area (Å²) in [5.74, 6) is -2.08. The van der Waals surface area contributed by atoms with Crippen molar-refractivity contribution in [2.24, 2.45) is 0 Å². The number of hydrogen-bond acceptors (Lipinski definition) is 4. The maximum absolute atomic E-state index is 12.1. The minimum absolute atomic E-state index is 0.0489. The standard InChI is InChI=1S/C12H14F3NO5S/c1-2-4-10(11(17)18)16-22(19,20)9-6-3-5-8(7-9)21-12(13,14)15/h3,5-7,10,16H,2,4H2,1H3,(H,17,18). The monoisotopic (exact) mass is 341 g/mol. The third-order valence-electron chi connectivity index (χ3n) is 2.52. The zero-order valence-electron chi connectivity index (χ0n) is 11.4. The first kappa shape index (κ1) is 18.2. The average molecular weight is 341 g/mol. The minimum atomic E-state index is -4.96. The molecule has 124 valence electrons. The van der Waals surface area contributed by atoms with E-state index in [1.807, 2.05) is 4.72 Å². The lowest BCUT2D eigenvalue weighted by Crippen LogP contribution is -2.40. The van der Waals surface area contributed by atoms with Crippen LogP contribution in [0, 0.1) is 0 Å². The average Bonchev–Trinajstić information content (AvgIpc) is 2.36. The second-order valence-corrected chi connectivity index (χ2v) is 6.04. The Morgan fingerprint density at radius 1 is 1.41 bits per heavy atom. The number of halogens is 3. The SMILES string of the molecule is CCCC(NS(=O)(=O)c1cccc(OC(F)(F)F)c1)C(=O)O. The minimum Gasteiger partial charge on any atom is -0.480 e. The van der Waals surface area contributed by atoms with Crippen LogP contribution >= 0.6 is 0 Å². The summed E-state index contributed by atoms with van der Waals surface area (Å²) in [6.45, 7) is 1.67. The highest BCUT2D eigenvalue weighted by atomic mass is 32.2. The number of carbonyl (C=O) groups is 1. The van der Waals surface area contributed by atoms with Crippen LogP contribution < -0.4 is 9.46 Å². The fourth-order valence-electron chi connectivity index (χ4n) is 1.62. The molecule has 6 nitrogen and oxygen atoms in total. The summed E-state index contributed by atoms with van der Waals surface area (Å²) >= 11 is 0. The van der Waals surface area contributed by atoms with Crippen molar-refractivity contribution < 1.29 is 36.2 Å². The first-order valence-corrected chi connectivity index (χ1v) is 7.64. The molecule has 1 atom stereocenters. The molecule has 0 fully saturated rings. The molecule has 0 spiro atoms. The molecule has 0 aliphatic carbocycles. The van der Waals surface area contributed by atoms with Gasteiger partial charge in [-0.3, -0.25) is 4.79 Å². The predicted octanol–water partition coefficient (Wildman–Crippen LogP) is 2.12. The van der Waals surface area contributed by atoms with Crippen LogP contribution in [0.15, 0.2) is 29.2 Å². The first-order valence-electron chi connectivity index (χ1n) is 6.16. The van der Waals surface area contributed by atoms with Gasteiger partial charge in [0.2, 0.25) is 10.0 Å². The summed E-state index contributed by atoms with van der Waals surface area (Å²) < 4.78 is 66.0. The van der Waals surface area contributed by atoms with Crippen molar-refractivity contribution in [1.29, 1.82) is 0 Å². The molecule has 1 rings (SSSR count). The Kier molecular flexibility index (Phi) is 5.78. The lowest BCUT2D eigenvalue weighted by atomic mass is 10.2. The molecule has 0 bridgehead atoms. The number of carboxylic acids is 1. The highest BCUT2D eigenvalue weighted by Gasteiger charge is 2.32. The third kappa shape index (κ3) is 5.53. The summed E-state index contributed by atoms with van der Waals surface area (Å²) in [4.78, 5) is 10.4. The van der Waals surface area contributed by atoms with Gasteiger partial charge in [0.05, 0.1) is 4.90 Å². The number of ether oxygens (including phenoxy) is 1. The van der Waals surface area contributed by atoms with Crippen molar-refractivity contribution in [2.75, 3.05) is 0 Å². The van der Waals surface area contributed by atoms with E-state index in [2.05, 4.69) is 4.74 Å². The number of hydrogen-bond donors (Lipinski definition) is 2. The van der Waals surface area contributed by atoms with Gasteiger partial charge in [-0.1, -0.05) is 19.4 Å². The summed E-state index contributed by atoms with van der Waals surface area (Å²) in [5, 5.41) is 8.92. The van der Waals surface area contributed by atoms with E-state index in [9.17, 15) is 26.4 Å². The van der Waals surface area contributed by atoms with E-state index in [4.69, 9.17) is 5.11 Å². The van der Waals surface area contributed by atoms with Gasteiger partial charge in [0.15, 0.2) is 0 Å². The van der Waals surface area contributed by atoms with Crippen LogP contribution in [0.4, 0.5) is 13.2 Å². The molecule has 1 aromatic rings. The van der Waals surface area contributed by atoms with Gasteiger partial charge in [0.25, 0.3) is 0 Å². The normalized spacial score (nSPS) is 13.6.